The first kappa shape index (κ1) is 22.2. The summed E-state index contributed by atoms with van der Waals surface area (Å²) < 4.78 is 55.7. The number of hydrogen-bond donors (Lipinski definition) is 1. The van der Waals surface area contributed by atoms with Crippen LogP contribution in [-0.4, -0.2) is 57.3 Å². The Hall–Kier alpha value is -2.52. The van der Waals surface area contributed by atoms with Crippen molar-refractivity contribution in [1.82, 2.24) is 9.62 Å². The number of benzene rings is 2. The van der Waals surface area contributed by atoms with Gasteiger partial charge in [0.05, 0.1) is 12.3 Å². The van der Waals surface area contributed by atoms with Crippen LogP contribution in [0.4, 0.5) is 13.6 Å². The Labute approximate surface area is 174 Å². The zero-order valence-corrected chi connectivity index (χ0v) is 17.3. The molecule has 1 fully saturated rings. The molecule has 0 radical (unpaired) electrons. The van der Waals surface area contributed by atoms with Crippen LogP contribution in [0.3, 0.4) is 0 Å². The van der Waals surface area contributed by atoms with Crippen molar-refractivity contribution in [1.29, 1.82) is 0 Å². The lowest BCUT2D eigenvalue weighted by atomic mass is 9.97. The lowest BCUT2D eigenvalue weighted by molar-refractivity contribution is 0.0295. The minimum atomic E-state index is -3.51. The molecular formula is C21H24F2N2O4S. The second kappa shape index (κ2) is 9.53. The molecule has 0 bridgehead atoms. The van der Waals surface area contributed by atoms with Gasteiger partial charge in [-0.05, 0) is 29.5 Å². The van der Waals surface area contributed by atoms with Crippen molar-refractivity contribution in [3.63, 3.8) is 0 Å². The fraction of sp³-hybridized carbons (Fsp3) is 0.381. The van der Waals surface area contributed by atoms with Crippen LogP contribution in [0.2, 0.25) is 0 Å². The van der Waals surface area contributed by atoms with Gasteiger partial charge in [-0.2, -0.15) is 0 Å². The smallest absolute Gasteiger partial charge is 0.410 e. The van der Waals surface area contributed by atoms with Crippen molar-refractivity contribution in [3.8, 4) is 11.1 Å². The van der Waals surface area contributed by atoms with E-state index in [9.17, 15) is 22.0 Å². The van der Waals surface area contributed by atoms with E-state index in [4.69, 9.17) is 0 Å². The first-order chi connectivity index (χ1) is 14.2. The molecule has 30 heavy (non-hydrogen) atoms. The summed E-state index contributed by atoms with van der Waals surface area (Å²) in [4.78, 5) is 13.7. The maximum absolute atomic E-state index is 12.4. The van der Waals surface area contributed by atoms with Crippen LogP contribution in [0.25, 0.3) is 11.1 Å². The summed E-state index contributed by atoms with van der Waals surface area (Å²) in [5, 5.41) is 0. The Morgan fingerprint density at radius 2 is 1.87 bits per heavy atom. The molecule has 1 N–H and O–H groups in total. The SMILES string of the molecule is CS(=O)(=O)NC1CCN(C(=O)OCC(F)F)C1Cc1cccc(-c2ccccc2)c1. The van der Waals surface area contributed by atoms with Gasteiger partial charge in [0, 0.05) is 12.6 Å². The Morgan fingerprint density at radius 3 is 2.53 bits per heavy atom. The van der Waals surface area contributed by atoms with Crippen molar-refractivity contribution in [2.75, 3.05) is 19.4 Å². The normalized spacial score (nSPS) is 19.3. The Kier molecular flexibility index (Phi) is 7.04. The average Bonchev–Trinajstić information content (AvgIpc) is 3.07. The molecule has 2 aromatic rings. The zero-order valence-electron chi connectivity index (χ0n) is 16.5. The minimum absolute atomic E-state index is 0.221. The van der Waals surface area contributed by atoms with Gasteiger partial charge in [-0.1, -0.05) is 54.6 Å². The fourth-order valence-corrected chi connectivity index (χ4v) is 4.54. The molecule has 162 valence electrons. The Morgan fingerprint density at radius 1 is 1.17 bits per heavy atom. The van der Waals surface area contributed by atoms with E-state index < -0.39 is 41.2 Å². The van der Waals surface area contributed by atoms with E-state index in [1.54, 1.807) is 0 Å². The lowest BCUT2D eigenvalue weighted by Gasteiger charge is -2.28. The third-order valence-corrected chi connectivity index (χ3v) is 5.69. The van der Waals surface area contributed by atoms with E-state index in [-0.39, 0.29) is 6.54 Å². The predicted octanol–water partition coefficient (Wildman–Crippen LogP) is 3.29. The minimum Gasteiger partial charge on any atom is -0.443 e. The molecule has 6 nitrogen and oxygen atoms in total. The van der Waals surface area contributed by atoms with E-state index in [1.165, 1.54) is 4.90 Å². The van der Waals surface area contributed by atoms with E-state index in [1.807, 2.05) is 54.6 Å². The summed E-state index contributed by atoms with van der Waals surface area (Å²) in [5.41, 5.74) is 2.92. The summed E-state index contributed by atoms with van der Waals surface area (Å²) in [6, 6.07) is 16.4. The molecule has 2 aromatic carbocycles. The quantitative estimate of drug-likeness (QED) is 0.720. The number of amides is 1. The van der Waals surface area contributed by atoms with Crippen LogP contribution in [0.5, 0.6) is 0 Å². The molecule has 0 aromatic heterocycles. The van der Waals surface area contributed by atoms with Gasteiger partial charge in [-0.3, -0.25) is 0 Å². The molecule has 2 unspecified atom stereocenters. The van der Waals surface area contributed by atoms with Crippen LogP contribution in [0, 0.1) is 0 Å². The zero-order chi connectivity index (χ0) is 21.7. The number of likely N-dealkylation sites (tertiary alicyclic amines) is 1. The molecule has 2 atom stereocenters. The highest BCUT2D eigenvalue weighted by Gasteiger charge is 2.39. The largest absolute Gasteiger partial charge is 0.443 e. The van der Waals surface area contributed by atoms with Gasteiger partial charge in [0.2, 0.25) is 10.0 Å². The predicted molar refractivity (Wildman–Crippen MR) is 110 cm³/mol. The number of hydrogen-bond acceptors (Lipinski definition) is 4. The number of sulfonamides is 1. The van der Waals surface area contributed by atoms with Crippen molar-refractivity contribution >= 4 is 16.1 Å². The van der Waals surface area contributed by atoms with Crippen molar-refractivity contribution in [3.05, 3.63) is 60.2 Å². The monoisotopic (exact) mass is 438 g/mol. The number of halogens is 2. The number of carbonyl (C=O) groups is 1. The van der Waals surface area contributed by atoms with Gasteiger partial charge in [0.15, 0.2) is 6.61 Å². The summed E-state index contributed by atoms with van der Waals surface area (Å²) in [6.07, 6.45) is -1.84. The molecule has 1 amide bonds. The number of rotatable bonds is 7. The van der Waals surface area contributed by atoms with Crippen LogP contribution >= 0.6 is 0 Å². The first-order valence-corrected chi connectivity index (χ1v) is 11.5. The van der Waals surface area contributed by atoms with Gasteiger partial charge in [-0.25, -0.2) is 26.7 Å². The number of alkyl halides is 2. The first-order valence-electron chi connectivity index (χ1n) is 9.56. The molecule has 0 spiro atoms. The third-order valence-electron chi connectivity index (χ3n) is 4.96. The lowest BCUT2D eigenvalue weighted by Crippen LogP contribution is -2.48. The molecule has 1 aliphatic rings. The molecule has 1 saturated heterocycles. The summed E-state index contributed by atoms with van der Waals surface area (Å²) in [6.45, 7) is -0.770. The highest BCUT2D eigenvalue weighted by Crippen LogP contribution is 2.26. The number of ether oxygens (including phenoxy) is 1. The average molecular weight is 438 g/mol. The summed E-state index contributed by atoms with van der Waals surface area (Å²) in [5.74, 6) is 0. The van der Waals surface area contributed by atoms with Crippen LogP contribution in [-0.2, 0) is 21.2 Å². The molecule has 1 aliphatic heterocycles. The second-order valence-electron chi connectivity index (χ2n) is 7.28. The van der Waals surface area contributed by atoms with E-state index in [0.29, 0.717) is 12.8 Å². The van der Waals surface area contributed by atoms with Gasteiger partial charge >= 0.3 is 6.09 Å². The van der Waals surface area contributed by atoms with E-state index in [0.717, 1.165) is 22.9 Å². The summed E-state index contributed by atoms with van der Waals surface area (Å²) in [7, 11) is -3.51. The van der Waals surface area contributed by atoms with Gasteiger partial charge in [-0.15, -0.1) is 0 Å². The van der Waals surface area contributed by atoms with Crippen LogP contribution in [0.1, 0.15) is 12.0 Å². The van der Waals surface area contributed by atoms with Gasteiger partial charge < -0.3 is 9.64 Å². The van der Waals surface area contributed by atoms with Gasteiger partial charge in [0.1, 0.15) is 0 Å². The highest BCUT2D eigenvalue weighted by molar-refractivity contribution is 7.88. The number of carbonyl (C=O) groups excluding carboxylic acids is 1. The van der Waals surface area contributed by atoms with E-state index >= 15 is 0 Å². The van der Waals surface area contributed by atoms with Gasteiger partial charge in [0.25, 0.3) is 6.43 Å². The standard InChI is InChI=1S/C21H24F2N2O4S/c1-30(27,28)24-18-10-11-25(21(26)29-14-20(22)23)19(18)13-15-6-5-9-17(12-15)16-7-3-2-4-8-16/h2-9,12,18-20,24H,10-11,13-14H2,1H3. The molecule has 0 aliphatic carbocycles. The molecule has 9 heteroatoms. The van der Waals surface area contributed by atoms with Crippen molar-refractivity contribution in [2.45, 2.75) is 31.4 Å². The number of nitrogens with one attached hydrogen (secondary N) is 1. The highest BCUT2D eigenvalue weighted by atomic mass is 32.2. The molecular weight excluding hydrogens is 414 g/mol. The molecule has 3 rings (SSSR count). The van der Waals surface area contributed by atoms with Crippen LogP contribution in [0.15, 0.2) is 54.6 Å². The molecule has 1 heterocycles. The second-order valence-corrected chi connectivity index (χ2v) is 9.06. The maximum Gasteiger partial charge on any atom is 0.410 e. The number of nitrogens with zero attached hydrogens (tertiary/aromatic N) is 1. The summed E-state index contributed by atoms with van der Waals surface area (Å²) >= 11 is 0. The topological polar surface area (TPSA) is 75.7 Å². The van der Waals surface area contributed by atoms with Crippen LogP contribution < -0.4 is 4.72 Å². The third kappa shape index (κ3) is 5.99. The Bertz CT molecular complexity index is 970. The van der Waals surface area contributed by atoms with Crippen molar-refractivity contribution < 1.29 is 26.7 Å². The molecule has 0 saturated carbocycles. The fourth-order valence-electron chi connectivity index (χ4n) is 3.71. The maximum atomic E-state index is 12.4. The van der Waals surface area contributed by atoms with Crippen molar-refractivity contribution in [2.24, 2.45) is 0 Å². The van der Waals surface area contributed by atoms with E-state index in [2.05, 4.69) is 9.46 Å². The Balaban J connectivity index is 1.83.